The second kappa shape index (κ2) is 5.25. The largest absolute Gasteiger partial charge is 0.323 e. The predicted octanol–water partition coefficient (Wildman–Crippen LogP) is 4.19. The fourth-order valence-corrected chi connectivity index (χ4v) is 2.73. The minimum Gasteiger partial charge on any atom is -0.323 e. The first kappa shape index (κ1) is 14.5. The molecule has 0 aliphatic rings. The number of nitrogens with zero attached hydrogens (tertiary/aromatic N) is 2. The van der Waals surface area contributed by atoms with E-state index in [1.54, 1.807) is 0 Å². The van der Waals surface area contributed by atoms with Crippen LogP contribution < -0.4 is 5.73 Å². The van der Waals surface area contributed by atoms with Crippen molar-refractivity contribution >= 4 is 21.6 Å². The Kier molecular flexibility index (Phi) is 4.02. The van der Waals surface area contributed by atoms with Crippen LogP contribution in [0.25, 0.3) is 5.65 Å². The topological polar surface area (TPSA) is 43.3 Å². The highest BCUT2D eigenvalue weighted by Gasteiger charge is 2.26. The normalized spacial score (nSPS) is 14.0. The van der Waals surface area contributed by atoms with Crippen LogP contribution in [-0.4, -0.2) is 9.38 Å². The maximum Gasteiger partial charge on any atom is 0.137 e. The second-order valence-corrected chi connectivity index (χ2v) is 6.98. The summed E-state index contributed by atoms with van der Waals surface area (Å²) < 4.78 is 3.17. The fraction of sp³-hybridized carbons (Fsp3) is 0.533. The Hall–Kier alpha value is -0.870. The zero-order valence-corrected chi connectivity index (χ0v) is 13.7. The van der Waals surface area contributed by atoms with Gasteiger partial charge in [-0.1, -0.05) is 34.1 Å². The van der Waals surface area contributed by atoms with E-state index in [1.165, 1.54) is 0 Å². The lowest BCUT2D eigenvalue weighted by Gasteiger charge is -2.21. The molecule has 0 bridgehead atoms. The van der Waals surface area contributed by atoms with E-state index in [0.29, 0.717) is 0 Å². The highest BCUT2D eigenvalue weighted by molar-refractivity contribution is 9.10. The van der Waals surface area contributed by atoms with Gasteiger partial charge in [0, 0.05) is 22.1 Å². The summed E-state index contributed by atoms with van der Waals surface area (Å²) in [6, 6.07) is 4.08. The van der Waals surface area contributed by atoms with Gasteiger partial charge < -0.3 is 10.1 Å². The Labute approximate surface area is 123 Å². The summed E-state index contributed by atoms with van der Waals surface area (Å²) in [5, 5.41) is 0. The van der Waals surface area contributed by atoms with Crippen molar-refractivity contribution in [3.05, 3.63) is 34.2 Å². The fourth-order valence-electron chi connectivity index (χ4n) is 2.39. The van der Waals surface area contributed by atoms with E-state index in [9.17, 15) is 0 Å². The van der Waals surface area contributed by atoms with Crippen molar-refractivity contribution in [2.24, 2.45) is 5.73 Å². The van der Waals surface area contributed by atoms with Crippen LogP contribution in [0.3, 0.4) is 0 Å². The molecule has 1 atom stereocenters. The van der Waals surface area contributed by atoms with E-state index in [-0.39, 0.29) is 11.5 Å². The SMILES string of the molecule is CCCC(N)c1c(C(C)(C)C)nc2ccc(Br)cn12. The average molecular weight is 324 g/mol. The highest BCUT2D eigenvalue weighted by atomic mass is 79.9. The number of halogens is 1. The molecule has 2 rings (SSSR count). The number of aromatic nitrogens is 2. The summed E-state index contributed by atoms with van der Waals surface area (Å²) in [6.07, 6.45) is 4.11. The van der Waals surface area contributed by atoms with Crippen molar-refractivity contribution in [1.82, 2.24) is 9.38 Å². The summed E-state index contributed by atoms with van der Waals surface area (Å²) >= 11 is 3.52. The minimum absolute atomic E-state index is 0.000803. The average Bonchev–Trinajstić information content (AvgIpc) is 2.67. The molecule has 2 heterocycles. The molecule has 0 radical (unpaired) electrons. The monoisotopic (exact) mass is 323 g/mol. The Balaban J connectivity index is 2.70. The van der Waals surface area contributed by atoms with Crippen LogP contribution in [0.15, 0.2) is 22.8 Å². The van der Waals surface area contributed by atoms with Crippen molar-refractivity contribution in [3.63, 3.8) is 0 Å². The Morgan fingerprint density at radius 2 is 2.05 bits per heavy atom. The zero-order chi connectivity index (χ0) is 14.2. The molecule has 3 nitrogen and oxygen atoms in total. The highest BCUT2D eigenvalue weighted by Crippen LogP contribution is 2.31. The quantitative estimate of drug-likeness (QED) is 0.920. The molecule has 0 spiro atoms. The zero-order valence-electron chi connectivity index (χ0n) is 12.1. The number of pyridine rings is 1. The molecule has 0 aliphatic carbocycles. The van der Waals surface area contributed by atoms with Crippen LogP contribution in [0.4, 0.5) is 0 Å². The molecule has 2 aromatic heterocycles. The lowest BCUT2D eigenvalue weighted by Crippen LogP contribution is -2.21. The molecule has 0 aliphatic heterocycles. The first-order chi connectivity index (χ1) is 8.84. The van der Waals surface area contributed by atoms with Gasteiger partial charge in [0.05, 0.1) is 11.4 Å². The van der Waals surface area contributed by atoms with Gasteiger partial charge >= 0.3 is 0 Å². The smallest absolute Gasteiger partial charge is 0.137 e. The van der Waals surface area contributed by atoms with Gasteiger partial charge in [-0.25, -0.2) is 4.98 Å². The lowest BCUT2D eigenvalue weighted by molar-refractivity contribution is 0.536. The van der Waals surface area contributed by atoms with Crippen molar-refractivity contribution in [3.8, 4) is 0 Å². The second-order valence-electron chi connectivity index (χ2n) is 6.07. The van der Waals surface area contributed by atoms with Crippen molar-refractivity contribution in [2.75, 3.05) is 0 Å². The van der Waals surface area contributed by atoms with Crippen LogP contribution in [0.2, 0.25) is 0 Å². The van der Waals surface area contributed by atoms with E-state index >= 15 is 0 Å². The number of hydrogen-bond donors (Lipinski definition) is 1. The van der Waals surface area contributed by atoms with Crippen LogP contribution in [0, 0.1) is 0 Å². The van der Waals surface area contributed by atoms with Gasteiger partial charge in [-0.3, -0.25) is 0 Å². The van der Waals surface area contributed by atoms with Crippen LogP contribution in [0.5, 0.6) is 0 Å². The van der Waals surface area contributed by atoms with Crippen LogP contribution in [0.1, 0.15) is 58.0 Å². The van der Waals surface area contributed by atoms with E-state index in [4.69, 9.17) is 10.7 Å². The number of imidazole rings is 1. The van der Waals surface area contributed by atoms with Crippen molar-refractivity contribution < 1.29 is 0 Å². The summed E-state index contributed by atoms with van der Waals surface area (Å²) in [6.45, 7) is 8.72. The van der Waals surface area contributed by atoms with Gasteiger partial charge in [-0.15, -0.1) is 0 Å². The van der Waals surface area contributed by atoms with Gasteiger partial charge in [-0.05, 0) is 34.5 Å². The summed E-state index contributed by atoms with van der Waals surface area (Å²) in [7, 11) is 0. The Morgan fingerprint density at radius 1 is 1.37 bits per heavy atom. The molecule has 0 aromatic carbocycles. The third-order valence-corrected chi connectivity index (χ3v) is 3.75. The van der Waals surface area contributed by atoms with Gasteiger partial charge in [0.15, 0.2) is 0 Å². The minimum atomic E-state index is -0.000803. The molecule has 2 N–H and O–H groups in total. The van der Waals surface area contributed by atoms with E-state index < -0.39 is 0 Å². The number of hydrogen-bond acceptors (Lipinski definition) is 2. The molecule has 19 heavy (non-hydrogen) atoms. The molecule has 0 fully saturated rings. The van der Waals surface area contributed by atoms with Gasteiger partial charge in [0.2, 0.25) is 0 Å². The lowest BCUT2D eigenvalue weighted by atomic mass is 9.88. The predicted molar refractivity (Wildman–Crippen MR) is 83.4 cm³/mol. The molecular weight excluding hydrogens is 302 g/mol. The molecule has 0 saturated heterocycles. The van der Waals surface area contributed by atoms with Crippen molar-refractivity contribution in [1.29, 1.82) is 0 Å². The molecule has 4 heteroatoms. The number of nitrogens with two attached hydrogens (primary N) is 1. The third-order valence-electron chi connectivity index (χ3n) is 3.28. The number of rotatable bonds is 3. The molecule has 0 amide bonds. The maximum absolute atomic E-state index is 6.39. The summed E-state index contributed by atoms with van der Waals surface area (Å²) in [5.74, 6) is 0. The Bertz CT molecular complexity index is 581. The number of fused-ring (bicyclic) bond motifs is 1. The molecule has 104 valence electrons. The van der Waals surface area contributed by atoms with Gasteiger partial charge in [0.1, 0.15) is 5.65 Å². The maximum atomic E-state index is 6.39. The van der Waals surface area contributed by atoms with E-state index in [2.05, 4.69) is 54.2 Å². The first-order valence-electron chi connectivity index (χ1n) is 6.78. The molecule has 2 aromatic rings. The van der Waals surface area contributed by atoms with Crippen molar-refractivity contribution in [2.45, 2.75) is 52.0 Å². The van der Waals surface area contributed by atoms with Crippen LogP contribution in [-0.2, 0) is 5.41 Å². The van der Waals surface area contributed by atoms with Gasteiger partial charge in [0.25, 0.3) is 0 Å². The van der Waals surface area contributed by atoms with Crippen LogP contribution >= 0.6 is 15.9 Å². The summed E-state index contributed by atoms with van der Waals surface area (Å²) in [4.78, 5) is 4.79. The molecule has 1 unspecified atom stereocenters. The third kappa shape index (κ3) is 2.84. The molecule has 0 saturated carbocycles. The summed E-state index contributed by atoms with van der Waals surface area (Å²) in [5.41, 5.74) is 9.60. The van der Waals surface area contributed by atoms with E-state index in [0.717, 1.165) is 34.3 Å². The first-order valence-corrected chi connectivity index (χ1v) is 7.57. The Morgan fingerprint density at radius 3 is 2.63 bits per heavy atom. The molecular formula is C15H22BrN3. The van der Waals surface area contributed by atoms with Gasteiger partial charge in [-0.2, -0.15) is 0 Å². The van der Waals surface area contributed by atoms with E-state index in [1.807, 2.05) is 12.1 Å². The standard InChI is InChI=1S/C15H22BrN3/c1-5-6-11(17)13-14(15(2,3)4)18-12-8-7-10(16)9-19(12)13/h7-9,11H,5-6,17H2,1-4H3.